The molecule has 100 valence electrons. The molecule has 0 aliphatic carbocycles. The lowest BCUT2D eigenvalue weighted by atomic mass is 9.81. The van der Waals surface area contributed by atoms with Crippen LogP contribution < -0.4 is 0 Å². The molecule has 0 saturated carbocycles. The van der Waals surface area contributed by atoms with E-state index in [4.69, 9.17) is 0 Å². The van der Waals surface area contributed by atoms with Gasteiger partial charge in [-0.3, -0.25) is 0 Å². The first-order valence-corrected chi connectivity index (χ1v) is 7.11. The number of unbranched alkanes of at least 4 members (excludes halogenated alkanes) is 2. The van der Waals surface area contributed by atoms with E-state index in [0.29, 0.717) is 0 Å². The van der Waals surface area contributed by atoms with Gasteiger partial charge in [0.15, 0.2) is 0 Å². The van der Waals surface area contributed by atoms with Crippen LogP contribution in [0.2, 0.25) is 0 Å². The summed E-state index contributed by atoms with van der Waals surface area (Å²) in [4.78, 5) is 0. The fourth-order valence-electron chi connectivity index (χ4n) is 2.27. The van der Waals surface area contributed by atoms with Gasteiger partial charge >= 0.3 is 0 Å². The van der Waals surface area contributed by atoms with Crippen molar-refractivity contribution in [2.75, 3.05) is 0 Å². The van der Waals surface area contributed by atoms with Gasteiger partial charge < -0.3 is 5.11 Å². The Labute approximate surface area is 112 Å². The molecule has 0 aromatic heterocycles. The smallest absolute Gasteiger partial charge is 0.0896 e. The van der Waals surface area contributed by atoms with Gasteiger partial charge in [-0.05, 0) is 24.0 Å². The summed E-state index contributed by atoms with van der Waals surface area (Å²) in [6.45, 7) is 8.47. The molecule has 1 N–H and O–H groups in total. The van der Waals surface area contributed by atoms with Crippen molar-refractivity contribution in [2.45, 2.75) is 58.0 Å². The van der Waals surface area contributed by atoms with Crippen LogP contribution in [0.3, 0.4) is 0 Å². The van der Waals surface area contributed by atoms with Gasteiger partial charge in [-0.15, -0.1) is 0 Å². The summed E-state index contributed by atoms with van der Waals surface area (Å²) in [6.07, 6.45) is 5.94. The van der Waals surface area contributed by atoms with Crippen molar-refractivity contribution < 1.29 is 5.11 Å². The zero-order valence-electron chi connectivity index (χ0n) is 11.8. The minimum Gasteiger partial charge on any atom is -0.385 e. The molecule has 0 saturated heterocycles. The molecule has 18 heavy (non-hydrogen) atoms. The maximum absolute atomic E-state index is 10.9. The lowest BCUT2D eigenvalue weighted by Gasteiger charge is -2.31. The number of rotatable bonds is 8. The van der Waals surface area contributed by atoms with Crippen LogP contribution in [0.25, 0.3) is 5.57 Å². The third-order valence-corrected chi connectivity index (χ3v) is 3.57. The predicted molar refractivity (Wildman–Crippen MR) is 79.5 cm³/mol. The van der Waals surface area contributed by atoms with E-state index in [1.165, 1.54) is 0 Å². The number of hydrogen-bond donors (Lipinski definition) is 1. The molecule has 0 spiro atoms. The molecule has 0 fully saturated rings. The van der Waals surface area contributed by atoms with Crippen LogP contribution in [0.15, 0.2) is 36.9 Å². The Morgan fingerprint density at radius 2 is 1.56 bits per heavy atom. The average molecular weight is 246 g/mol. The van der Waals surface area contributed by atoms with Gasteiger partial charge in [0.25, 0.3) is 0 Å². The van der Waals surface area contributed by atoms with Gasteiger partial charge in [-0.1, -0.05) is 76.4 Å². The van der Waals surface area contributed by atoms with E-state index in [-0.39, 0.29) is 0 Å². The zero-order chi connectivity index (χ0) is 13.4. The molecular formula is C17H26O. The normalized spacial score (nSPS) is 11.5. The standard InChI is InChI=1S/C17H26O/c1-4-6-13-17(18,14-7-5-2)15(3)16-11-9-8-10-12-16/h8-12,18H,3-7,13-14H2,1-2H3. The van der Waals surface area contributed by atoms with Gasteiger partial charge in [-0.25, -0.2) is 0 Å². The van der Waals surface area contributed by atoms with E-state index >= 15 is 0 Å². The van der Waals surface area contributed by atoms with Crippen molar-refractivity contribution in [1.82, 2.24) is 0 Å². The molecule has 0 amide bonds. The molecule has 1 heteroatoms. The van der Waals surface area contributed by atoms with Gasteiger partial charge in [0.1, 0.15) is 0 Å². The van der Waals surface area contributed by atoms with Crippen LogP contribution in [0.4, 0.5) is 0 Å². The maximum Gasteiger partial charge on any atom is 0.0896 e. The van der Waals surface area contributed by atoms with Crippen LogP contribution in [0, 0.1) is 0 Å². The largest absolute Gasteiger partial charge is 0.385 e. The monoisotopic (exact) mass is 246 g/mol. The first-order chi connectivity index (χ1) is 8.64. The highest BCUT2D eigenvalue weighted by Crippen LogP contribution is 2.34. The second kappa shape index (κ2) is 7.38. The highest BCUT2D eigenvalue weighted by atomic mass is 16.3. The first kappa shape index (κ1) is 15.0. The van der Waals surface area contributed by atoms with Gasteiger partial charge in [0, 0.05) is 0 Å². The second-order valence-electron chi connectivity index (χ2n) is 5.08. The molecule has 0 aliphatic heterocycles. The molecule has 1 aromatic rings. The SMILES string of the molecule is C=C(c1ccccc1)C(O)(CCCC)CCCC. The topological polar surface area (TPSA) is 20.2 Å². The molecule has 0 radical (unpaired) electrons. The highest BCUT2D eigenvalue weighted by Gasteiger charge is 2.29. The Kier molecular flexibility index (Phi) is 6.14. The van der Waals surface area contributed by atoms with Crippen molar-refractivity contribution in [3.63, 3.8) is 0 Å². The number of benzene rings is 1. The van der Waals surface area contributed by atoms with Gasteiger partial charge in [0.2, 0.25) is 0 Å². The summed E-state index contributed by atoms with van der Waals surface area (Å²) < 4.78 is 0. The fraction of sp³-hybridized carbons (Fsp3) is 0.529. The van der Waals surface area contributed by atoms with Crippen LogP contribution in [0.5, 0.6) is 0 Å². The minimum absolute atomic E-state index is 0.729. The number of hydrogen-bond acceptors (Lipinski definition) is 1. The molecule has 0 heterocycles. The van der Waals surface area contributed by atoms with Crippen molar-refractivity contribution in [3.05, 3.63) is 42.5 Å². The van der Waals surface area contributed by atoms with Gasteiger partial charge in [-0.2, -0.15) is 0 Å². The van der Waals surface area contributed by atoms with E-state index < -0.39 is 5.60 Å². The third-order valence-electron chi connectivity index (χ3n) is 3.57. The van der Waals surface area contributed by atoms with E-state index in [2.05, 4.69) is 20.4 Å². The molecule has 1 rings (SSSR count). The highest BCUT2D eigenvalue weighted by molar-refractivity contribution is 5.69. The quantitative estimate of drug-likeness (QED) is 0.697. The van der Waals surface area contributed by atoms with Gasteiger partial charge in [0.05, 0.1) is 5.60 Å². The molecule has 0 unspecified atom stereocenters. The summed E-state index contributed by atoms with van der Waals surface area (Å²) in [5.41, 5.74) is 1.21. The Hall–Kier alpha value is -1.08. The molecule has 1 nitrogen and oxygen atoms in total. The zero-order valence-corrected chi connectivity index (χ0v) is 11.8. The summed E-state index contributed by atoms with van der Waals surface area (Å²) >= 11 is 0. The lowest BCUT2D eigenvalue weighted by molar-refractivity contribution is 0.0780. The summed E-state index contributed by atoms with van der Waals surface area (Å²) in [5.74, 6) is 0. The summed E-state index contributed by atoms with van der Waals surface area (Å²) in [6, 6.07) is 10.1. The van der Waals surface area contributed by atoms with Crippen LogP contribution in [-0.2, 0) is 0 Å². The molecule has 0 atom stereocenters. The second-order valence-corrected chi connectivity index (χ2v) is 5.08. The Balaban J connectivity index is 2.84. The van der Waals surface area contributed by atoms with Crippen molar-refractivity contribution in [3.8, 4) is 0 Å². The van der Waals surface area contributed by atoms with Crippen LogP contribution >= 0.6 is 0 Å². The fourth-order valence-corrected chi connectivity index (χ4v) is 2.27. The van der Waals surface area contributed by atoms with E-state index in [0.717, 1.165) is 49.7 Å². The third kappa shape index (κ3) is 3.99. The lowest BCUT2D eigenvalue weighted by Crippen LogP contribution is -2.30. The minimum atomic E-state index is -0.729. The Morgan fingerprint density at radius 3 is 2.00 bits per heavy atom. The number of aliphatic hydroxyl groups is 1. The molecule has 1 aromatic carbocycles. The molecule has 0 aliphatic rings. The Bertz CT molecular complexity index is 345. The van der Waals surface area contributed by atoms with E-state index in [1.807, 2.05) is 30.3 Å². The average Bonchev–Trinajstić information content (AvgIpc) is 2.43. The molecule has 0 bridgehead atoms. The van der Waals surface area contributed by atoms with Crippen molar-refractivity contribution in [2.24, 2.45) is 0 Å². The van der Waals surface area contributed by atoms with Crippen LogP contribution in [-0.4, -0.2) is 10.7 Å². The summed E-state index contributed by atoms with van der Waals surface area (Å²) in [5, 5.41) is 10.9. The van der Waals surface area contributed by atoms with E-state index in [9.17, 15) is 5.11 Å². The predicted octanol–water partition coefficient (Wildman–Crippen LogP) is 4.81. The van der Waals surface area contributed by atoms with Crippen molar-refractivity contribution >= 4 is 5.57 Å². The molecular weight excluding hydrogens is 220 g/mol. The van der Waals surface area contributed by atoms with E-state index in [1.54, 1.807) is 0 Å². The Morgan fingerprint density at radius 1 is 1.06 bits per heavy atom. The van der Waals surface area contributed by atoms with Crippen LogP contribution in [0.1, 0.15) is 57.9 Å². The maximum atomic E-state index is 10.9. The summed E-state index contributed by atoms with van der Waals surface area (Å²) in [7, 11) is 0. The van der Waals surface area contributed by atoms with Crippen molar-refractivity contribution in [1.29, 1.82) is 0 Å². The first-order valence-electron chi connectivity index (χ1n) is 7.11.